The van der Waals surface area contributed by atoms with Gasteiger partial charge in [-0.05, 0) is 18.6 Å². The highest BCUT2D eigenvalue weighted by atomic mass is 32.2. The predicted octanol–water partition coefficient (Wildman–Crippen LogP) is 3.54. The molecule has 2 aliphatic rings. The fourth-order valence-electron chi connectivity index (χ4n) is 4.21. The molecule has 1 aromatic carbocycles. The van der Waals surface area contributed by atoms with Crippen LogP contribution in [-0.4, -0.2) is 61.9 Å². The highest BCUT2D eigenvalue weighted by molar-refractivity contribution is 7.88. The van der Waals surface area contributed by atoms with Crippen molar-refractivity contribution >= 4 is 15.9 Å². The molecular formula is C21H19F7N4O3S. The molecule has 2 aliphatic heterocycles. The number of pyridine rings is 1. The summed E-state index contributed by atoms with van der Waals surface area (Å²) in [5.74, 6) is -7.90. The Labute approximate surface area is 201 Å². The first-order valence-electron chi connectivity index (χ1n) is 10.4. The lowest BCUT2D eigenvalue weighted by atomic mass is 9.88. The molecule has 4 rings (SSSR count). The summed E-state index contributed by atoms with van der Waals surface area (Å²) < 4.78 is 125. The SMILES string of the molecule is Cc1cnc(C2(C(F)F)CC(N3C[C@@H](NS(C)(=O)=O)C(F)(F)C3)=NO2)c(-c2c(F)cc(F)cc2F)c1. The topological polar surface area (TPSA) is 83.9 Å². The summed E-state index contributed by atoms with van der Waals surface area (Å²) in [6.45, 7) is -0.165. The molecule has 36 heavy (non-hydrogen) atoms. The van der Waals surface area contributed by atoms with E-state index >= 15 is 0 Å². The van der Waals surface area contributed by atoms with Crippen LogP contribution in [-0.2, 0) is 20.5 Å². The second-order valence-electron chi connectivity index (χ2n) is 8.70. The number of halogens is 7. The molecule has 1 aromatic heterocycles. The Bertz CT molecular complexity index is 1320. The van der Waals surface area contributed by atoms with Gasteiger partial charge in [-0.3, -0.25) is 4.98 Å². The molecule has 0 aliphatic carbocycles. The number of aromatic nitrogens is 1. The third kappa shape index (κ3) is 4.73. The van der Waals surface area contributed by atoms with Crippen molar-refractivity contribution in [1.29, 1.82) is 0 Å². The van der Waals surface area contributed by atoms with Gasteiger partial charge in [-0.2, -0.15) is 0 Å². The minimum absolute atomic E-state index is 0.328. The molecule has 196 valence electrons. The Morgan fingerprint density at radius 3 is 2.39 bits per heavy atom. The van der Waals surface area contributed by atoms with E-state index in [4.69, 9.17) is 4.84 Å². The predicted molar refractivity (Wildman–Crippen MR) is 113 cm³/mol. The van der Waals surface area contributed by atoms with Crippen molar-refractivity contribution in [3.05, 3.63) is 53.1 Å². The van der Waals surface area contributed by atoms with Crippen molar-refractivity contribution in [1.82, 2.24) is 14.6 Å². The van der Waals surface area contributed by atoms with E-state index in [1.807, 2.05) is 0 Å². The van der Waals surface area contributed by atoms with E-state index < -0.39 is 87.8 Å². The van der Waals surface area contributed by atoms with Crippen LogP contribution in [0.5, 0.6) is 0 Å². The van der Waals surface area contributed by atoms with E-state index in [2.05, 4.69) is 10.1 Å². The van der Waals surface area contributed by atoms with Gasteiger partial charge in [0.05, 0.1) is 24.8 Å². The summed E-state index contributed by atoms with van der Waals surface area (Å²) in [5, 5.41) is 3.55. The first kappa shape index (κ1) is 26.1. The van der Waals surface area contributed by atoms with Crippen molar-refractivity contribution < 1.29 is 44.0 Å². The van der Waals surface area contributed by atoms with Gasteiger partial charge >= 0.3 is 0 Å². The molecule has 1 unspecified atom stereocenters. The van der Waals surface area contributed by atoms with Gasteiger partial charge in [-0.25, -0.2) is 43.9 Å². The van der Waals surface area contributed by atoms with Crippen LogP contribution < -0.4 is 4.72 Å². The number of sulfonamides is 1. The van der Waals surface area contributed by atoms with Crippen LogP contribution in [0.15, 0.2) is 29.6 Å². The van der Waals surface area contributed by atoms with Crippen LogP contribution in [0, 0.1) is 24.4 Å². The summed E-state index contributed by atoms with van der Waals surface area (Å²) in [7, 11) is -4.01. The second kappa shape index (κ2) is 8.87. The number of hydrogen-bond donors (Lipinski definition) is 1. The van der Waals surface area contributed by atoms with Gasteiger partial charge in [0, 0.05) is 30.4 Å². The average Bonchev–Trinajstić information content (AvgIpc) is 3.29. The number of alkyl halides is 4. The lowest BCUT2D eigenvalue weighted by molar-refractivity contribution is -0.131. The Morgan fingerprint density at radius 2 is 1.81 bits per heavy atom. The van der Waals surface area contributed by atoms with Gasteiger partial charge in [-0.15, -0.1) is 0 Å². The van der Waals surface area contributed by atoms with Gasteiger partial charge in [0.25, 0.3) is 12.3 Å². The molecule has 0 amide bonds. The average molecular weight is 540 g/mol. The number of aryl methyl sites for hydroxylation is 1. The van der Waals surface area contributed by atoms with E-state index in [-0.39, 0.29) is 5.84 Å². The van der Waals surface area contributed by atoms with Crippen LogP contribution in [0.4, 0.5) is 30.7 Å². The summed E-state index contributed by atoms with van der Waals surface area (Å²) >= 11 is 0. The van der Waals surface area contributed by atoms with E-state index in [0.717, 1.165) is 17.2 Å². The van der Waals surface area contributed by atoms with E-state index in [0.29, 0.717) is 24.0 Å². The number of amidine groups is 1. The van der Waals surface area contributed by atoms with Crippen molar-refractivity contribution in [3.8, 4) is 11.1 Å². The third-order valence-corrected chi connectivity index (χ3v) is 6.54. The molecule has 0 radical (unpaired) electrons. The van der Waals surface area contributed by atoms with Gasteiger partial charge in [-0.1, -0.05) is 5.16 Å². The van der Waals surface area contributed by atoms with Gasteiger partial charge < -0.3 is 9.74 Å². The Kier molecular flexibility index (Phi) is 6.44. The first-order valence-corrected chi connectivity index (χ1v) is 12.3. The number of nitrogens with one attached hydrogen (secondary N) is 1. The minimum Gasteiger partial charge on any atom is -0.374 e. The van der Waals surface area contributed by atoms with Crippen molar-refractivity contribution in [3.63, 3.8) is 0 Å². The zero-order valence-electron chi connectivity index (χ0n) is 18.7. The molecule has 3 heterocycles. The number of nitrogens with zero attached hydrogens (tertiary/aromatic N) is 3. The molecule has 1 fully saturated rings. The lowest BCUT2D eigenvalue weighted by Gasteiger charge is -2.28. The summed E-state index contributed by atoms with van der Waals surface area (Å²) in [4.78, 5) is 9.87. The Balaban J connectivity index is 1.73. The van der Waals surface area contributed by atoms with Crippen molar-refractivity contribution in [2.24, 2.45) is 5.16 Å². The second-order valence-corrected chi connectivity index (χ2v) is 10.5. The first-order chi connectivity index (χ1) is 16.6. The van der Waals surface area contributed by atoms with Crippen LogP contribution >= 0.6 is 0 Å². The van der Waals surface area contributed by atoms with Gasteiger partial charge in [0.15, 0.2) is 0 Å². The maximum atomic E-state index is 14.6. The van der Waals surface area contributed by atoms with Gasteiger partial charge in [0.2, 0.25) is 15.6 Å². The largest absolute Gasteiger partial charge is 0.374 e. The highest BCUT2D eigenvalue weighted by Gasteiger charge is 2.57. The molecule has 0 saturated carbocycles. The molecule has 7 nitrogen and oxygen atoms in total. The standard InChI is InChI=1S/C21H19F7N4O3S/c1-10-3-12(17-13(23)4-11(22)5-14(17)24)18(29-7-10)20(19(25)26)6-16(30-35-20)32-8-15(21(27,28)9-32)31-36(2,33)34/h3-5,7,15,19,31H,6,8-9H2,1-2H3/t15-,20?/m1/s1. The number of rotatable bonds is 5. The summed E-state index contributed by atoms with van der Waals surface area (Å²) in [6.07, 6.45) is -2.38. The summed E-state index contributed by atoms with van der Waals surface area (Å²) in [5.41, 5.74) is -4.31. The van der Waals surface area contributed by atoms with E-state index in [1.54, 1.807) is 4.72 Å². The van der Waals surface area contributed by atoms with Crippen LogP contribution in [0.2, 0.25) is 0 Å². The van der Waals surface area contributed by atoms with Crippen molar-refractivity contribution in [2.75, 3.05) is 19.3 Å². The lowest BCUT2D eigenvalue weighted by Crippen LogP contribution is -2.46. The molecule has 1 saturated heterocycles. The number of hydrogen-bond acceptors (Lipinski definition) is 6. The molecule has 0 spiro atoms. The van der Waals surface area contributed by atoms with Crippen molar-refractivity contribution in [2.45, 2.75) is 37.3 Å². The molecule has 2 atom stereocenters. The Morgan fingerprint density at radius 1 is 1.17 bits per heavy atom. The Hall–Kier alpha value is -2.94. The number of oxime groups is 1. The molecule has 0 bridgehead atoms. The normalized spacial score (nSPS) is 23.8. The molecular weight excluding hydrogens is 521 g/mol. The fourth-order valence-corrected chi connectivity index (χ4v) is 4.97. The third-order valence-electron chi connectivity index (χ3n) is 5.82. The minimum atomic E-state index is -4.01. The van der Waals surface area contributed by atoms with Crippen LogP contribution in [0.25, 0.3) is 11.1 Å². The monoisotopic (exact) mass is 540 g/mol. The highest BCUT2D eigenvalue weighted by Crippen LogP contribution is 2.46. The van der Waals surface area contributed by atoms with Crippen LogP contribution in [0.1, 0.15) is 17.7 Å². The summed E-state index contributed by atoms with van der Waals surface area (Å²) in [6, 6.07) is 0.0481. The van der Waals surface area contributed by atoms with E-state index in [9.17, 15) is 39.2 Å². The quantitative estimate of drug-likeness (QED) is 0.587. The zero-order valence-corrected chi connectivity index (χ0v) is 19.5. The molecule has 15 heteroatoms. The zero-order chi connectivity index (χ0) is 26.6. The van der Waals surface area contributed by atoms with Gasteiger partial charge in [0.1, 0.15) is 35.0 Å². The van der Waals surface area contributed by atoms with Crippen LogP contribution in [0.3, 0.4) is 0 Å². The smallest absolute Gasteiger partial charge is 0.286 e. The van der Waals surface area contributed by atoms with E-state index in [1.165, 1.54) is 6.92 Å². The maximum Gasteiger partial charge on any atom is 0.286 e. The maximum absolute atomic E-state index is 14.6. The molecule has 2 aromatic rings. The number of benzene rings is 1. The fraction of sp³-hybridized carbons (Fsp3) is 0.429. The molecule has 1 N–H and O–H groups in total. The number of likely N-dealkylation sites (tertiary alicyclic amines) is 1.